The van der Waals surface area contributed by atoms with Crippen LogP contribution in [0.25, 0.3) is 0 Å². The zero-order valence-electron chi connectivity index (χ0n) is 14.0. The van der Waals surface area contributed by atoms with Gasteiger partial charge in [-0.2, -0.15) is 5.10 Å². The van der Waals surface area contributed by atoms with Crippen LogP contribution in [0.3, 0.4) is 0 Å². The molecule has 1 aromatic rings. The number of nitrogens with zero attached hydrogens (tertiary/aromatic N) is 2. The second-order valence-corrected chi connectivity index (χ2v) is 7.08. The maximum atomic E-state index is 6.50. The fraction of sp³-hybridized carbons (Fsp3) is 0.812. The molecule has 0 spiro atoms. The van der Waals surface area contributed by atoms with Gasteiger partial charge in [0.25, 0.3) is 0 Å². The van der Waals surface area contributed by atoms with Crippen LogP contribution in [0.5, 0.6) is 0 Å². The summed E-state index contributed by atoms with van der Waals surface area (Å²) < 4.78 is 1.96. The van der Waals surface area contributed by atoms with Crippen LogP contribution in [-0.4, -0.2) is 22.4 Å². The van der Waals surface area contributed by atoms with Crippen molar-refractivity contribution in [3.05, 3.63) is 16.4 Å². The monoisotopic (exact) mass is 299 g/mol. The third-order valence-corrected chi connectivity index (χ3v) is 4.82. The Bertz CT molecular complexity index is 437. The number of halogens is 1. The van der Waals surface area contributed by atoms with Gasteiger partial charge in [0.2, 0.25) is 0 Å². The van der Waals surface area contributed by atoms with Gasteiger partial charge in [0.15, 0.2) is 0 Å². The zero-order chi connectivity index (χ0) is 15.5. The van der Waals surface area contributed by atoms with E-state index in [0.717, 1.165) is 35.8 Å². The molecule has 0 saturated heterocycles. The largest absolute Gasteiger partial charge is 0.314 e. The molecular formula is C16H30ClN3. The van der Waals surface area contributed by atoms with Crippen molar-refractivity contribution in [1.29, 1.82) is 0 Å². The Morgan fingerprint density at radius 1 is 1.30 bits per heavy atom. The standard InChI is InChI=1S/C16H30ClN3/c1-8-13-15(17)14(20(7)19-13)9-16(6,11(2)3)10-18-12(4)5/h11-12,18H,8-10H2,1-7H3. The van der Waals surface area contributed by atoms with Gasteiger partial charge >= 0.3 is 0 Å². The molecule has 1 heterocycles. The SMILES string of the molecule is CCc1nn(C)c(CC(C)(CNC(C)C)C(C)C)c1Cl. The van der Waals surface area contributed by atoms with Gasteiger partial charge in [-0.3, -0.25) is 4.68 Å². The molecule has 1 atom stereocenters. The van der Waals surface area contributed by atoms with Crippen LogP contribution in [0.1, 0.15) is 52.9 Å². The molecular weight excluding hydrogens is 270 g/mol. The second kappa shape index (κ2) is 6.95. The molecule has 20 heavy (non-hydrogen) atoms. The second-order valence-electron chi connectivity index (χ2n) is 6.71. The third kappa shape index (κ3) is 3.98. The Labute approximate surface area is 129 Å². The summed E-state index contributed by atoms with van der Waals surface area (Å²) in [7, 11) is 2.00. The number of aryl methyl sites for hydroxylation is 2. The van der Waals surface area contributed by atoms with E-state index in [-0.39, 0.29) is 5.41 Å². The molecule has 1 N–H and O–H groups in total. The lowest BCUT2D eigenvalue weighted by Crippen LogP contribution is -2.41. The number of rotatable bonds is 7. The van der Waals surface area contributed by atoms with Gasteiger partial charge in [0.05, 0.1) is 16.4 Å². The Balaban J connectivity index is 2.99. The van der Waals surface area contributed by atoms with E-state index in [2.05, 4.69) is 52.0 Å². The summed E-state index contributed by atoms with van der Waals surface area (Å²) in [5.74, 6) is 0.574. The number of hydrogen-bond donors (Lipinski definition) is 1. The minimum atomic E-state index is 0.173. The lowest BCUT2D eigenvalue weighted by atomic mass is 9.75. The molecule has 4 heteroatoms. The normalized spacial score (nSPS) is 15.1. The summed E-state index contributed by atoms with van der Waals surface area (Å²) >= 11 is 6.50. The summed E-state index contributed by atoms with van der Waals surface area (Å²) in [5.41, 5.74) is 2.34. The van der Waals surface area contributed by atoms with Crippen molar-refractivity contribution in [2.24, 2.45) is 18.4 Å². The quantitative estimate of drug-likeness (QED) is 0.829. The first-order valence-electron chi connectivity index (χ1n) is 7.65. The molecule has 3 nitrogen and oxygen atoms in total. The van der Waals surface area contributed by atoms with E-state index < -0.39 is 0 Å². The van der Waals surface area contributed by atoms with E-state index in [0.29, 0.717) is 12.0 Å². The third-order valence-electron chi connectivity index (χ3n) is 4.38. The summed E-state index contributed by atoms with van der Waals surface area (Å²) in [6, 6.07) is 0.501. The molecule has 0 aromatic carbocycles. The molecule has 0 amide bonds. The van der Waals surface area contributed by atoms with Crippen molar-refractivity contribution in [2.45, 2.75) is 60.4 Å². The molecule has 0 radical (unpaired) electrons. The van der Waals surface area contributed by atoms with Crippen LogP contribution in [-0.2, 0) is 19.9 Å². The van der Waals surface area contributed by atoms with Gasteiger partial charge in [-0.25, -0.2) is 0 Å². The van der Waals surface area contributed by atoms with Gasteiger partial charge in [-0.05, 0) is 24.2 Å². The minimum Gasteiger partial charge on any atom is -0.314 e. The lowest BCUT2D eigenvalue weighted by Gasteiger charge is -2.35. The highest BCUT2D eigenvalue weighted by Crippen LogP contribution is 2.34. The van der Waals surface area contributed by atoms with E-state index in [4.69, 9.17) is 11.6 Å². The highest BCUT2D eigenvalue weighted by molar-refractivity contribution is 6.31. The fourth-order valence-corrected chi connectivity index (χ4v) is 2.66. The Hall–Kier alpha value is -0.540. The van der Waals surface area contributed by atoms with Gasteiger partial charge in [-0.15, -0.1) is 0 Å². The van der Waals surface area contributed by atoms with Gasteiger partial charge < -0.3 is 5.32 Å². The Morgan fingerprint density at radius 2 is 1.90 bits per heavy atom. The maximum absolute atomic E-state index is 6.50. The maximum Gasteiger partial charge on any atom is 0.0849 e. The van der Waals surface area contributed by atoms with Gasteiger partial charge in [0.1, 0.15) is 0 Å². The first-order chi connectivity index (χ1) is 9.21. The molecule has 1 unspecified atom stereocenters. The van der Waals surface area contributed by atoms with Gasteiger partial charge in [-0.1, -0.05) is 53.1 Å². The van der Waals surface area contributed by atoms with Crippen molar-refractivity contribution in [2.75, 3.05) is 6.54 Å². The van der Waals surface area contributed by atoms with Crippen molar-refractivity contribution in [3.8, 4) is 0 Å². The van der Waals surface area contributed by atoms with Crippen LogP contribution in [0.4, 0.5) is 0 Å². The number of aromatic nitrogens is 2. The summed E-state index contributed by atoms with van der Waals surface area (Å²) in [5, 5.41) is 8.96. The van der Waals surface area contributed by atoms with E-state index >= 15 is 0 Å². The fourth-order valence-electron chi connectivity index (χ4n) is 2.30. The smallest absolute Gasteiger partial charge is 0.0849 e. The van der Waals surface area contributed by atoms with Crippen LogP contribution < -0.4 is 5.32 Å². The van der Waals surface area contributed by atoms with E-state index in [9.17, 15) is 0 Å². The molecule has 0 fully saturated rings. The van der Waals surface area contributed by atoms with E-state index in [1.165, 1.54) is 0 Å². The summed E-state index contributed by atoms with van der Waals surface area (Å²) in [4.78, 5) is 0. The average Bonchev–Trinajstić information content (AvgIpc) is 2.63. The van der Waals surface area contributed by atoms with Crippen molar-refractivity contribution in [3.63, 3.8) is 0 Å². The van der Waals surface area contributed by atoms with Crippen molar-refractivity contribution < 1.29 is 0 Å². The van der Waals surface area contributed by atoms with E-state index in [1.807, 2.05) is 11.7 Å². The molecule has 0 aliphatic carbocycles. The van der Waals surface area contributed by atoms with Crippen LogP contribution in [0.15, 0.2) is 0 Å². The molecule has 1 aromatic heterocycles. The predicted octanol–water partition coefficient (Wildman–Crippen LogP) is 3.84. The Kier molecular flexibility index (Phi) is 6.08. The average molecular weight is 300 g/mol. The summed E-state index contributed by atoms with van der Waals surface area (Å²) in [6.07, 6.45) is 1.84. The highest BCUT2D eigenvalue weighted by atomic mass is 35.5. The summed E-state index contributed by atoms with van der Waals surface area (Å²) in [6.45, 7) is 14.4. The van der Waals surface area contributed by atoms with Gasteiger partial charge in [0, 0.05) is 19.6 Å². The van der Waals surface area contributed by atoms with Crippen LogP contribution in [0, 0.1) is 11.3 Å². The molecule has 0 aliphatic heterocycles. The molecule has 1 rings (SSSR count). The molecule has 0 saturated carbocycles. The number of hydrogen-bond acceptors (Lipinski definition) is 2. The molecule has 116 valence electrons. The first kappa shape index (κ1) is 17.5. The number of nitrogens with one attached hydrogen (secondary N) is 1. The lowest BCUT2D eigenvalue weighted by molar-refractivity contribution is 0.198. The molecule has 0 aliphatic rings. The van der Waals surface area contributed by atoms with Crippen LogP contribution in [0.2, 0.25) is 5.02 Å². The minimum absolute atomic E-state index is 0.173. The predicted molar refractivity (Wildman–Crippen MR) is 87.4 cm³/mol. The topological polar surface area (TPSA) is 29.9 Å². The molecule has 0 bridgehead atoms. The van der Waals surface area contributed by atoms with E-state index in [1.54, 1.807) is 0 Å². The first-order valence-corrected chi connectivity index (χ1v) is 8.02. The van der Waals surface area contributed by atoms with Crippen molar-refractivity contribution in [1.82, 2.24) is 15.1 Å². The highest BCUT2D eigenvalue weighted by Gasteiger charge is 2.31. The Morgan fingerprint density at radius 3 is 2.30 bits per heavy atom. The van der Waals surface area contributed by atoms with Crippen molar-refractivity contribution >= 4 is 11.6 Å². The zero-order valence-corrected chi connectivity index (χ0v) is 14.8. The van der Waals surface area contributed by atoms with Crippen LogP contribution >= 0.6 is 11.6 Å².